The number of rotatable bonds is 1. The van der Waals surface area contributed by atoms with Gasteiger partial charge < -0.3 is 14.8 Å². The van der Waals surface area contributed by atoms with E-state index in [9.17, 15) is 9.59 Å². The van der Waals surface area contributed by atoms with E-state index in [2.05, 4.69) is 4.98 Å². The van der Waals surface area contributed by atoms with Crippen LogP contribution in [0.3, 0.4) is 0 Å². The number of hydrogen-bond acceptors (Lipinski definition) is 3. The third-order valence-corrected chi connectivity index (χ3v) is 5.47. The standard InChI is InChI=1S/C14H18N4O2/c15-12(19)10-8-17-9-14(7-11(17)16-13(10)20)1-3-18(4-2-14)5-6-18/h8H,1-7,9H2,(H-,15,19)/p+1. The number of hydrogen-bond donors (Lipinski definition) is 1. The number of nitrogens with two attached hydrogens (primary N) is 1. The highest BCUT2D eigenvalue weighted by atomic mass is 16.2. The fraction of sp³-hybridized carbons (Fsp3) is 0.643. The summed E-state index contributed by atoms with van der Waals surface area (Å²) in [6.07, 6.45) is 4.85. The summed E-state index contributed by atoms with van der Waals surface area (Å²) in [5, 5.41) is 0. The smallest absolute Gasteiger partial charge is 0.285 e. The van der Waals surface area contributed by atoms with Gasteiger partial charge >= 0.3 is 0 Å². The average molecular weight is 275 g/mol. The Balaban J connectivity index is 1.63. The minimum atomic E-state index is -0.684. The number of piperidine rings is 1. The van der Waals surface area contributed by atoms with Crippen molar-refractivity contribution < 1.29 is 9.28 Å². The van der Waals surface area contributed by atoms with Crippen LogP contribution in [0.25, 0.3) is 0 Å². The van der Waals surface area contributed by atoms with E-state index in [-0.39, 0.29) is 11.0 Å². The average Bonchev–Trinajstić information content (AvgIpc) is 3.08. The molecule has 0 atom stereocenters. The molecule has 6 nitrogen and oxygen atoms in total. The van der Waals surface area contributed by atoms with E-state index in [1.54, 1.807) is 6.20 Å². The van der Waals surface area contributed by atoms with Crippen LogP contribution in [0, 0.1) is 5.41 Å². The molecule has 106 valence electrons. The molecule has 0 unspecified atom stereocenters. The van der Waals surface area contributed by atoms with Gasteiger partial charge in [-0.2, -0.15) is 4.98 Å². The van der Waals surface area contributed by atoms with E-state index in [4.69, 9.17) is 5.73 Å². The third kappa shape index (κ3) is 1.71. The first kappa shape index (κ1) is 12.1. The summed E-state index contributed by atoms with van der Waals surface area (Å²) in [5.74, 6) is 0.134. The summed E-state index contributed by atoms with van der Waals surface area (Å²) in [6.45, 7) is 6.05. The van der Waals surface area contributed by atoms with Crippen LogP contribution in [0.4, 0.5) is 0 Å². The molecule has 0 radical (unpaired) electrons. The summed E-state index contributed by atoms with van der Waals surface area (Å²) < 4.78 is 3.27. The highest BCUT2D eigenvalue weighted by Crippen LogP contribution is 2.44. The van der Waals surface area contributed by atoms with Crippen molar-refractivity contribution in [2.45, 2.75) is 25.8 Å². The van der Waals surface area contributed by atoms with Gasteiger partial charge in [0.05, 0.1) is 13.1 Å². The summed E-state index contributed by atoms with van der Waals surface area (Å²) in [6, 6.07) is 0. The number of aromatic nitrogens is 2. The maximum atomic E-state index is 11.8. The van der Waals surface area contributed by atoms with Gasteiger partial charge in [0.2, 0.25) is 0 Å². The lowest BCUT2D eigenvalue weighted by molar-refractivity contribution is -0.809. The van der Waals surface area contributed by atoms with Crippen LogP contribution in [0.15, 0.2) is 11.0 Å². The normalized spacial score (nSPS) is 24.8. The minimum Gasteiger partial charge on any atom is -0.365 e. The SMILES string of the molecule is NC(=O)c1cn2c(nc1=O)CC1(CC[N+]3(CC1)CC3)C2. The van der Waals surface area contributed by atoms with E-state index in [0.717, 1.165) is 18.8 Å². The van der Waals surface area contributed by atoms with Gasteiger partial charge in [-0.15, -0.1) is 0 Å². The molecule has 1 amide bonds. The van der Waals surface area contributed by atoms with E-state index in [1.807, 2.05) is 4.57 Å². The van der Waals surface area contributed by atoms with Crippen molar-refractivity contribution in [2.24, 2.45) is 11.1 Å². The van der Waals surface area contributed by atoms with E-state index < -0.39 is 11.5 Å². The van der Waals surface area contributed by atoms with Gasteiger partial charge in [0, 0.05) is 37.4 Å². The topological polar surface area (TPSA) is 78.0 Å². The fourth-order valence-corrected chi connectivity index (χ4v) is 3.84. The summed E-state index contributed by atoms with van der Waals surface area (Å²) >= 11 is 0. The van der Waals surface area contributed by atoms with Gasteiger partial charge in [0.25, 0.3) is 11.5 Å². The zero-order chi connectivity index (χ0) is 14.0. The lowest BCUT2D eigenvalue weighted by Crippen LogP contribution is -2.42. The number of quaternary nitrogens is 1. The Morgan fingerprint density at radius 3 is 2.60 bits per heavy atom. The van der Waals surface area contributed by atoms with Crippen LogP contribution >= 0.6 is 0 Å². The Labute approximate surface area is 116 Å². The summed E-state index contributed by atoms with van der Waals surface area (Å²) in [5.41, 5.74) is 5.00. The molecule has 20 heavy (non-hydrogen) atoms. The van der Waals surface area contributed by atoms with Crippen LogP contribution in [-0.4, -0.2) is 46.1 Å². The highest BCUT2D eigenvalue weighted by Gasteiger charge is 2.51. The first-order valence-electron chi connectivity index (χ1n) is 7.26. The molecule has 3 aliphatic rings. The molecule has 0 saturated carbocycles. The monoisotopic (exact) mass is 275 g/mol. The molecule has 0 bridgehead atoms. The van der Waals surface area contributed by atoms with E-state index >= 15 is 0 Å². The largest absolute Gasteiger partial charge is 0.365 e. The molecule has 2 spiro atoms. The first-order chi connectivity index (χ1) is 9.51. The second-order valence-corrected chi connectivity index (χ2v) is 6.78. The van der Waals surface area contributed by atoms with Crippen molar-refractivity contribution >= 4 is 5.91 Å². The number of fused-ring (bicyclic) bond motifs is 1. The second kappa shape index (κ2) is 3.69. The molecule has 2 N–H and O–H groups in total. The number of carbonyl (C=O) groups is 1. The second-order valence-electron chi connectivity index (χ2n) is 6.78. The van der Waals surface area contributed by atoms with Crippen molar-refractivity contribution in [3.8, 4) is 0 Å². The lowest BCUT2D eigenvalue weighted by Gasteiger charge is -2.36. The Kier molecular flexibility index (Phi) is 2.23. The quantitative estimate of drug-likeness (QED) is 0.555. The molecular formula is C14H19N4O2+. The van der Waals surface area contributed by atoms with Gasteiger partial charge in [-0.1, -0.05) is 0 Å². The Hall–Kier alpha value is -1.69. The molecule has 0 aromatic carbocycles. The van der Waals surface area contributed by atoms with E-state index in [0.29, 0.717) is 0 Å². The fourth-order valence-electron chi connectivity index (χ4n) is 3.84. The van der Waals surface area contributed by atoms with Gasteiger partial charge in [-0.25, -0.2) is 0 Å². The van der Waals surface area contributed by atoms with Crippen LogP contribution in [0.5, 0.6) is 0 Å². The molecule has 4 rings (SSSR count). The maximum absolute atomic E-state index is 11.8. The zero-order valence-corrected chi connectivity index (χ0v) is 11.5. The van der Waals surface area contributed by atoms with Gasteiger partial charge in [-0.05, 0) is 0 Å². The number of primary amides is 1. The molecule has 1 aromatic rings. The summed E-state index contributed by atoms with van der Waals surface area (Å²) in [4.78, 5) is 27.1. The molecule has 4 heterocycles. The van der Waals surface area contributed by atoms with Crippen molar-refractivity contribution in [3.63, 3.8) is 0 Å². The highest BCUT2D eigenvalue weighted by molar-refractivity contribution is 5.92. The molecule has 0 aliphatic carbocycles. The number of carbonyl (C=O) groups excluding carboxylic acids is 1. The maximum Gasteiger partial charge on any atom is 0.285 e. The number of amides is 1. The van der Waals surface area contributed by atoms with Crippen LogP contribution in [0.1, 0.15) is 29.0 Å². The Bertz CT molecular complexity index is 650. The molecule has 6 heteroatoms. The number of nitrogens with zero attached hydrogens (tertiary/aromatic N) is 3. The van der Waals surface area contributed by atoms with Crippen molar-refractivity contribution in [1.82, 2.24) is 9.55 Å². The van der Waals surface area contributed by atoms with Gasteiger partial charge in [-0.3, -0.25) is 9.59 Å². The molecular weight excluding hydrogens is 256 g/mol. The van der Waals surface area contributed by atoms with Crippen molar-refractivity contribution in [1.29, 1.82) is 0 Å². The van der Waals surface area contributed by atoms with E-state index in [1.165, 1.54) is 43.5 Å². The molecule has 3 aliphatic heterocycles. The van der Waals surface area contributed by atoms with Gasteiger partial charge in [0.1, 0.15) is 24.5 Å². The van der Waals surface area contributed by atoms with Crippen molar-refractivity contribution in [2.75, 3.05) is 26.2 Å². The lowest BCUT2D eigenvalue weighted by atomic mass is 9.77. The van der Waals surface area contributed by atoms with Crippen LogP contribution in [0.2, 0.25) is 0 Å². The summed E-state index contributed by atoms with van der Waals surface area (Å²) in [7, 11) is 0. The van der Waals surface area contributed by atoms with Crippen LogP contribution < -0.4 is 11.3 Å². The molecule has 1 aromatic heterocycles. The van der Waals surface area contributed by atoms with Gasteiger partial charge in [0.15, 0.2) is 0 Å². The first-order valence-corrected chi connectivity index (χ1v) is 7.26. The third-order valence-electron chi connectivity index (χ3n) is 5.47. The zero-order valence-electron chi connectivity index (χ0n) is 11.5. The minimum absolute atomic E-state index is 0.0102. The predicted molar refractivity (Wildman–Crippen MR) is 72.1 cm³/mol. The molecule has 2 saturated heterocycles. The Morgan fingerprint density at radius 1 is 1.30 bits per heavy atom. The molecule has 2 fully saturated rings. The van der Waals surface area contributed by atoms with Crippen molar-refractivity contribution in [3.05, 3.63) is 27.9 Å². The van der Waals surface area contributed by atoms with Crippen LogP contribution in [-0.2, 0) is 13.0 Å². The Morgan fingerprint density at radius 2 is 2.00 bits per heavy atom. The predicted octanol–water partition coefficient (Wildman–Crippen LogP) is -0.491.